The van der Waals surface area contributed by atoms with E-state index in [1.807, 2.05) is 0 Å². The van der Waals surface area contributed by atoms with Gasteiger partial charge in [0.2, 0.25) is 11.6 Å². The SMILES string of the molecule is C[C@H]1CCCN(c2nccn3c(=O)n(CC(=O)Nc4ccc(Cl)cc4F)nc23)C1. The number of hydrogen-bond acceptors (Lipinski definition) is 5. The fraction of sp³-hybridized carbons (Fsp3) is 0.368. The summed E-state index contributed by atoms with van der Waals surface area (Å²) in [5.41, 5.74) is -0.0709. The van der Waals surface area contributed by atoms with Crippen molar-refractivity contribution >= 4 is 34.7 Å². The minimum Gasteiger partial charge on any atom is -0.353 e. The maximum absolute atomic E-state index is 13.9. The number of amides is 1. The Morgan fingerprint density at radius 2 is 2.24 bits per heavy atom. The topological polar surface area (TPSA) is 84.5 Å². The van der Waals surface area contributed by atoms with Gasteiger partial charge in [-0.3, -0.25) is 4.79 Å². The van der Waals surface area contributed by atoms with E-state index in [-0.39, 0.29) is 17.3 Å². The first-order valence-electron chi connectivity index (χ1n) is 9.36. The average molecular weight is 419 g/mol. The molecule has 0 saturated carbocycles. The van der Waals surface area contributed by atoms with Gasteiger partial charge < -0.3 is 10.2 Å². The van der Waals surface area contributed by atoms with E-state index in [4.69, 9.17) is 11.6 Å². The van der Waals surface area contributed by atoms with E-state index in [9.17, 15) is 14.0 Å². The zero-order valence-corrected chi connectivity index (χ0v) is 16.6. The number of piperidine rings is 1. The maximum Gasteiger partial charge on any atom is 0.350 e. The Balaban J connectivity index is 1.59. The van der Waals surface area contributed by atoms with Crippen LogP contribution >= 0.6 is 11.6 Å². The van der Waals surface area contributed by atoms with Crippen molar-refractivity contribution in [3.63, 3.8) is 0 Å². The zero-order valence-electron chi connectivity index (χ0n) is 15.8. The molecule has 2 aromatic heterocycles. The Hall–Kier alpha value is -2.94. The van der Waals surface area contributed by atoms with Gasteiger partial charge in [-0.05, 0) is 37.0 Å². The first-order chi connectivity index (χ1) is 13.9. The van der Waals surface area contributed by atoms with Gasteiger partial charge >= 0.3 is 5.69 Å². The molecular formula is C19H20ClFN6O2. The molecule has 10 heteroatoms. The number of aromatic nitrogens is 4. The average Bonchev–Trinajstić information content (AvgIpc) is 3.00. The van der Waals surface area contributed by atoms with Crippen LogP contribution in [-0.2, 0) is 11.3 Å². The van der Waals surface area contributed by atoms with Crippen molar-refractivity contribution in [3.05, 3.63) is 51.9 Å². The molecule has 1 N–H and O–H groups in total. The number of carbonyl (C=O) groups is 1. The molecule has 1 atom stereocenters. The monoisotopic (exact) mass is 418 g/mol. The second-order valence-corrected chi connectivity index (χ2v) is 7.69. The van der Waals surface area contributed by atoms with Gasteiger partial charge in [0.15, 0.2) is 5.82 Å². The summed E-state index contributed by atoms with van der Waals surface area (Å²) in [7, 11) is 0. The van der Waals surface area contributed by atoms with Crippen LogP contribution in [0.3, 0.4) is 0 Å². The van der Waals surface area contributed by atoms with Gasteiger partial charge in [-0.2, -0.15) is 0 Å². The first kappa shape index (κ1) is 19.4. The van der Waals surface area contributed by atoms with Crippen LogP contribution in [0.4, 0.5) is 15.9 Å². The normalized spacial score (nSPS) is 16.9. The molecule has 1 saturated heterocycles. The molecule has 0 bridgehead atoms. The zero-order chi connectivity index (χ0) is 20.5. The first-order valence-corrected chi connectivity index (χ1v) is 9.74. The highest BCUT2D eigenvalue weighted by molar-refractivity contribution is 6.30. The highest BCUT2D eigenvalue weighted by Gasteiger charge is 2.22. The molecule has 1 aliphatic heterocycles. The number of halogens is 2. The Morgan fingerprint density at radius 3 is 3.00 bits per heavy atom. The molecular weight excluding hydrogens is 399 g/mol. The molecule has 3 heterocycles. The lowest BCUT2D eigenvalue weighted by Gasteiger charge is -2.31. The maximum atomic E-state index is 13.9. The molecule has 1 fully saturated rings. The molecule has 0 spiro atoms. The van der Waals surface area contributed by atoms with Crippen molar-refractivity contribution in [1.29, 1.82) is 0 Å². The Labute approximate surface area is 170 Å². The van der Waals surface area contributed by atoms with E-state index in [0.29, 0.717) is 17.4 Å². The van der Waals surface area contributed by atoms with Crippen LogP contribution in [0, 0.1) is 11.7 Å². The number of anilines is 2. The molecule has 3 aromatic rings. The summed E-state index contributed by atoms with van der Waals surface area (Å²) >= 11 is 5.72. The Bertz CT molecular complexity index is 1130. The largest absolute Gasteiger partial charge is 0.353 e. The van der Waals surface area contributed by atoms with Crippen molar-refractivity contribution in [2.75, 3.05) is 23.3 Å². The Kier molecular flexibility index (Phi) is 5.23. The summed E-state index contributed by atoms with van der Waals surface area (Å²) < 4.78 is 16.3. The lowest BCUT2D eigenvalue weighted by Crippen LogP contribution is -2.35. The summed E-state index contributed by atoms with van der Waals surface area (Å²) in [5.74, 6) is -0.0737. The van der Waals surface area contributed by atoms with Crippen LogP contribution in [0.2, 0.25) is 5.02 Å². The number of fused-ring (bicyclic) bond motifs is 1. The van der Waals surface area contributed by atoms with Crippen molar-refractivity contribution in [2.24, 2.45) is 5.92 Å². The number of nitrogens with zero attached hydrogens (tertiary/aromatic N) is 5. The molecule has 1 aliphatic rings. The number of benzene rings is 1. The van der Waals surface area contributed by atoms with Crippen LogP contribution in [-0.4, -0.2) is 38.2 Å². The number of hydrogen-bond donors (Lipinski definition) is 1. The van der Waals surface area contributed by atoms with Gasteiger partial charge in [-0.15, -0.1) is 5.10 Å². The van der Waals surface area contributed by atoms with E-state index in [1.54, 1.807) is 6.20 Å². The van der Waals surface area contributed by atoms with Crippen LogP contribution in [0.1, 0.15) is 19.8 Å². The van der Waals surface area contributed by atoms with E-state index in [1.165, 1.54) is 22.7 Å². The number of carbonyl (C=O) groups excluding carboxylic acids is 1. The summed E-state index contributed by atoms with van der Waals surface area (Å²) in [6.45, 7) is 3.51. The molecule has 0 unspecified atom stereocenters. The molecule has 8 nitrogen and oxygen atoms in total. The van der Waals surface area contributed by atoms with Crippen molar-refractivity contribution in [1.82, 2.24) is 19.2 Å². The lowest BCUT2D eigenvalue weighted by atomic mass is 10.0. The minimum absolute atomic E-state index is 0.0131. The summed E-state index contributed by atoms with van der Waals surface area (Å²) in [6.07, 6.45) is 5.28. The van der Waals surface area contributed by atoms with Crippen LogP contribution in [0.15, 0.2) is 35.4 Å². The standard InChI is InChI=1S/C19H20ClFN6O2/c1-12-3-2-7-25(10-12)17-18-24-27(19(29)26(18)8-6-22-17)11-16(28)23-15-5-4-13(20)9-14(15)21/h4-6,8-9,12H,2-3,7,10-11H2,1H3,(H,23,28)/t12-/m0/s1. The second kappa shape index (κ2) is 7.82. The molecule has 0 radical (unpaired) electrons. The van der Waals surface area contributed by atoms with Gasteiger partial charge in [0.25, 0.3) is 0 Å². The smallest absolute Gasteiger partial charge is 0.350 e. The lowest BCUT2D eigenvalue weighted by molar-refractivity contribution is -0.117. The molecule has 1 amide bonds. The third-order valence-corrected chi connectivity index (χ3v) is 5.17. The van der Waals surface area contributed by atoms with Gasteiger partial charge in [0, 0.05) is 30.5 Å². The second-order valence-electron chi connectivity index (χ2n) is 7.25. The van der Waals surface area contributed by atoms with Gasteiger partial charge in [-0.25, -0.2) is 23.3 Å². The highest BCUT2D eigenvalue weighted by Crippen LogP contribution is 2.23. The summed E-state index contributed by atoms with van der Waals surface area (Å²) in [6, 6.07) is 3.93. The molecule has 29 heavy (non-hydrogen) atoms. The van der Waals surface area contributed by atoms with Crippen molar-refractivity contribution < 1.29 is 9.18 Å². The third-order valence-electron chi connectivity index (χ3n) is 4.94. The van der Waals surface area contributed by atoms with Gasteiger partial charge in [-0.1, -0.05) is 18.5 Å². The van der Waals surface area contributed by atoms with E-state index >= 15 is 0 Å². The van der Waals surface area contributed by atoms with Gasteiger partial charge in [0.1, 0.15) is 12.4 Å². The fourth-order valence-electron chi connectivity index (χ4n) is 3.56. The van der Waals surface area contributed by atoms with E-state index in [2.05, 4.69) is 27.2 Å². The van der Waals surface area contributed by atoms with E-state index < -0.39 is 17.4 Å². The minimum atomic E-state index is -0.654. The summed E-state index contributed by atoms with van der Waals surface area (Å²) in [4.78, 5) is 31.5. The molecule has 152 valence electrons. The van der Waals surface area contributed by atoms with Crippen molar-refractivity contribution in [3.8, 4) is 0 Å². The summed E-state index contributed by atoms with van der Waals surface area (Å²) in [5, 5.41) is 6.98. The number of rotatable bonds is 4. The van der Waals surface area contributed by atoms with Crippen molar-refractivity contribution in [2.45, 2.75) is 26.3 Å². The number of nitrogens with one attached hydrogen (secondary N) is 1. The van der Waals surface area contributed by atoms with Crippen LogP contribution in [0.5, 0.6) is 0 Å². The van der Waals surface area contributed by atoms with Gasteiger partial charge in [0.05, 0.1) is 5.69 Å². The Morgan fingerprint density at radius 1 is 1.41 bits per heavy atom. The molecule has 1 aromatic carbocycles. The van der Waals surface area contributed by atoms with E-state index in [0.717, 1.165) is 36.7 Å². The van der Waals surface area contributed by atoms with Crippen LogP contribution < -0.4 is 15.9 Å². The predicted octanol–water partition coefficient (Wildman–Crippen LogP) is 2.56. The highest BCUT2D eigenvalue weighted by atomic mass is 35.5. The predicted molar refractivity (Wildman–Crippen MR) is 108 cm³/mol. The quantitative estimate of drug-likeness (QED) is 0.704. The molecule has 4 rings (SSSR count). The van der Waals surface area contributed by atoms with Crippen LogP contribution in [0.25, 0.3) is 5.65 Å². The molecule has 0 aliphatic carbocycles. The third kappa shape index (κ3) is 3.95. The fourth-order valence-corrected chi connectivity index (χ4v) is 3.72.